The standard InChI is InChI=1S/C12H20N2O5S/c1-13(10-4-7-20(18,19)8-10)12(17)14-5-2-9(3-6-14)11(15)16/h9-10H,2-8H2,1H3,(H,15,16). The first-order chi connectivity index (χ1) is 9.30. The number of piperidine rings is 1. The summed E-state index contributed by atoms with van der Waals surface area (Å²) in [6.07, 6.45) is 1.39. The van der Waals surface area contributed by atoms with Gasteiger partial charge in [-0.25, -0.2) is 13.2 Å². The van der Waals surface area contributed by atoms with Crippen molar-refractivity contribution in [1.82, 2.24) is 9.80 Å². The Morgan fingerprint density at radius 1 is 1.20 bits per heavy atom. The molecule has 8 heteroatoms. The Morgan fingerprint density at radius 2 is 1.80 bits per heavy atom. The average Bonchev–Trinajstić information content (AvgIpc) is 2.77. The maximum absolute atomic E-state index is 12.3. The molecule has 7 nitrogen and oxygen atoms in total. The van der Waals surface area contributed by atoms with Crippen molar-refractivity contribution in [2.75, 3.05) is 31.6 Å². The highest BCUT2D eigenvalue weighted by atomic mass is 32.2. The third-order valence-corrected chi connectivity index (χ3v) is 5.92. The SMILES string of the molecule is CN(C(=O)N1CCC(C(=O)O)CC1)C1CCS(=O)(=O)C1. The van der Waals surface area contributed by atoms with Crippen molar-refractivity contribution in [2.24, 2.45) is 5.92 Å². The molecule has 1 N–H and O–H groups in total. The van der Waals surface area contributed by atoms with Crippen LogP contribution in [-0.2, 0) is 14.6 Å². The van der Waals surface area contributed by atoms with Crippen molar-refractivity contribution in [3.05, 3.63) is 0 Å². The molecule has 0 aromatic carbocycles. The van der Waals surface area contributed by atoms with E-state index in [1.54, 1.807) is 11.9 Å². The van der Waals surface area contributed by atoms with E-state index in [-0.39, 0.29) is 29.5 Å². The fourth-order valence-electron chi connectivity index (χ4n) is 2.78. The number of amides is 2. The number of likely N-dealkylation sites (tertiary alicyclic amines) is 1. The molecule has 2 amide bonds. The molecule has 2 fully saturated rings. The quantitative estimate of drug-likeness (QED) is 0.776. The minimum atomic E-state index is -3.01. The maximum Gasteiger partial charge on any atom is 0.320 e. The van der Waals surface area contributed by atoms with E-state index in [1.807, 2.05) is 0 Å². The number of carboxylic acids is 1. The molecule has 0 aromatic heterocycles. The van der Waals surface area contributed by atoms with Crippen LogP contribution in [0.15, 0.2) is 0 Å². The summed E-state index contributed by atoms with van der Waals surface area (Å²) in [5.74, 6) is -1.03. The van der Waals surface area contributed by atoms with Gasteiger partial charge in [0.25, 0.3) is 0 Å². The fraction of sp³-hybridized carbons (Fsp3) is 0.833. The largest absolute Gasteiger partial charge is 0.481 e. The van der Waals surface area contributed by atoms with Gasteiger partial charge in [0, 0.05) is 26.2 Å². The topological polar surface area (TPSA) is 95.0 Å². The number of hydrogen-bond acceptors (Lipinski definition) is 4. The molecular weight excluding hydrogens is 284 g/mol. The molecule has 0 aliphatic carbocycles. The van der Waals surface area contributed by atoms with Crippen molar-refractivity contribution in [3.8, 4) is 0 Å². The van der Waals surface area contributed by atoms with E-state index in [0.717, 1.165) is 0 Å². The Bertz CT molecular complexity index is 496. The Kier molecular flexibility index (Phi) is 4.22. The molecule has 0 saturated carbocycles. The summed E-state index contributed by atoms with van der Waals surface area (Å²) < 4.78 is 22.9. The van der Waals surface area contributed by atoms with Crippen molar-refractivity contribution >= 4 is 21.8 Å². The number of carbonyl (C=O) groups is 2. The number of hydrogen-bond donors (Lipinski definition) is 1. The normalized spacial score (nSPS) is 26.4. The van der Waals surface area contributed by atoms with Crippen LogP contribution in [0.1, 0.15) is 19.3 Å². The number of rotatable bonds is 2. The minimum absolute atomic E-state index is 0.0286. The number of carboxylic acid groups (broad SMARTS) is 1. The molecule has 20 heavy (non-hydrogen) atoms. The molecule has 1 atom stereocenters. The summed E-state index contributed by atoms with van der Waals surface area (Å²) in [7, 11) is -1.39. The predicted octanol–water partition coefficient (Wildman–Crippen LogP) is 0.0219. The van der Waals surface area contributed by atoms with E-state index in [9.17, 15) is 18.0 Å². The zero-order chi connectivity index (χ0) is 14.9. The van der Waals surface area contributed by atoms with Crippen molar-refractivity contribution in [3.63, 3.8) is 0 Å². The summed E-state index contributed by atoms with van der Waals surface area (Å²) in [6.45, 7) is 0.833. The fourth-order valence-corrected chi connectivity index (χ4v) is 4.55. The van der Waals surface area contributed by atoms with E-state index in [1.165, 1.54) is 4.90 Å². The lowest BCUT2D eigenvalue weighted by atomic mass is 9.97. The lowest BCUT2D eigenvalue weighted by Crippen LogP contribution is -2.49. The van der Waals surface area contributed by atoms with Crippen LogP contribution in [0.25, 0.3) is 0 Å². The number of carbonyl (C=O) groups excluding carboxylic acids is 1. The van der Waals surface area contributed by atoms with E-state index in [2.05, 4.69) is 0 Å². The Morgan fingerprint density at radius 3 is 2.25 bits per heavy atom. The molecule has 2 heterocycles. The molecule has 2 aliphatic heterocycles. The highest BCUT2D eigenvalue weighted by Crippen LogP contribution is 2.21. The summed E-state index contributed by atoms with van der Waals surface area (Å²) in [6, 6.07) is -0.458. The van der Waals surface area contributed by atoms with Gasteiger partial charge in [-0.05, 0) is 19.3 Å². The van der Waals surface area contributed by atoms with Crippen LogP contribution in [0.4, 0.5) is 4.79 Å². The summed E-state index contributed by atoms with van der Waals surface area (Å²) >= 11 is 0. The van der Waals surface area contributed by atoms with Gasteiger partial charge in [-0.1, -0.05) is 0 Å². The van der Waals surface area contributed by atoms with Gasteiger partial charge in [0.2, 0.25) is 0 Å². The number of urea groups is 1. The van der Waals surface area contributed by atoms with Gasteiger partial charge in [-0.2, -0.15) is 0 Å². The summed E-state index contributed by atoms with van der Waals surface area (Å²) in [5, 5.41) is 8.92. The molecule has 2 saturated heterocycles. The predicted molar refractivity (Wildman–Crippen MR) is 72.2 cm³/mol. The van der Waals surface area contributed by atoms with Gasteiger partial charge >= 0.3 is 12.0 Å². The Balaban J connectivity index is 1.90. The summed E-state index contributed by atoms with van der Waals surface area (Å²) in [5.41, 5.74) is 0. The first-order valence-electron chi connectivity index (χ1n) is 6.75. The van der Waals surface area contributed by atoms with Crippen LogP contribution in [0.5, 0.6) is 0 Å². The zero-order valence-electron chi connectivity index (χ0n) is 11.5. The van der Waals surface area contributed by atoms with Crippen LogP contribution in [-0.4, -0.2) is 73.0 Å². The molecule has 2 rings (SSSR count). The van der Waals surface area contributed by atoms with Crippen LogP contribution in [0.3, 0.4) is 0 Å². The van der Waals surface area contributed by atoms with Gasteiger partial charge in [0.1, 0.15) is 0 Å². The van der Waals surface area contributed by atoms with Crippen molar-refractivity contribution in [2.45, 2.75) is 25.3 Å². The highest BCUT2D eigenvalue weighted by Gasteiger charge is 2.35. The first-order valence-corrected chi connectivity index (χ1v) is 8.57. The zero-order valence-corrected chi connectivity index (χ0v) is 12.3. The first kappa shape index (κ1) is 15.1. The van der Waals surface area contributed by atoms with E-state index in [4.69, 9.17) is 5.11 Å². The van der Waals surface area contributed by atoms with Crippen molar-refractivity contribution in [1.29, 1.82) is 0 Å². The molecule has 114 valence electrons. The lowest BCUT2D eigenvalue weighted by Gasteiger charge is -2.35. The van der Waals surface area contributed by atoms with E-state index < -0.39 is 15.8 Å². The molecule has 1 unspecified atom stereocenters. The number of sulfone groups is 1. The number of nitrogens with zero attached hydrogens (tertiary/aromatic N) is 2. The van der Waals surface area contributed by atoms with Gasteiger partial charge < -0.3 is 14.9 Å². The Labute approximate surface area is 118 Å². The number of aliphatic carboxylic acids is 1. The molecule has 0 aromatic rings. The van der Waals surface area contributed by atoms with E-state index in [0.29, 0.717) is 32.4 Å². The van der Waals surface area contributed by atoms with Gasteiger partial charge in [0.15, 0.2) is 9.84 Å². The summed E-state index contributed by atoms with van der Waals surface area (Å²) in [4.78, 5) is 26.3. The maximum atomic E-state index is 12.3. The van der Waals surface area contributed by atoms with Crippen LogP contribution >= 0.6 is 0 Å². The molecule has 0 radical (unpaired) electrons. The second-order valence-corrected chi connectivity index (χ2v) is 7.78. The Hall–Kier alpha value is -1.31. The average molecular weight is 304 g/mol. The molecule has 0 bridgehead atoms. The molecular formula is C12H20N2O5S. The minimum Gasteiger partial charge on any atom is -0.481 e. The second-order valence-electron chi connectivity index (χ2n) is 5.55. The van der Waals surface area contributed by atoms with Gasteiger partial charge in [-0.15, -0.1) is 0 Å². The smallest absolute Gasteiger partial charge is 0.320 e. The second kappa shape index (κ2) is 5.59. The lowest BCUT2D eigenvalue weighted by molar-refractivity contribution is -0.143. The van der Waals surface area contributed by atoms with Crippen LogP contribution < -0.4 is 0 Å². The van der Waals surface area contributed by atoms with Crippen LogP contribution in [0.2, 0.25) is 0 Å². The molecule has 0 spiro atoms. The van der Waals surface area contributed by atoms with Gasteiger partial charge in [0.05, 0.1) is 17.4 Å². The third-order valence-electron chi connectivity index (χ3n) is 4.17. The molecule has 2 aliphatic rings. The monoisotopic (exact) mass is 304 g/mol. The van der Waals surface area contributed by atoms with Gasteiger partial charge in [-0.3, -0.25) is 4.79 Å². The van der Waals surface area contributed by atoms with Crippen molar-refractivity contribution < 1.29 is 23.1 Å². The van der Waals surface area contributed by atoms with E-state index >= 15 is 0 Å². The third kappa shape index (κ3) is 3.23. The highest BCUT2D eigenvalue weighted by molar-refractivity contribution is 7.91. The van der Waals surface area contributed by atoms with Crippen LogP contribution in [0, 0.1) is 5.92 Å².